The Morgan fingerprint density at radius 3 is 3.00 bits per heavy atom. The summed E-state index contributed by atoms with van der Waals surface area (Å²) in [5.41, 5.74) is 9.76. The van der Waals surface area contributed by atoms with E-state index in [4.69, 9.17) is 10.5 Å². The van der Waals surface area contributed by atoms with Gasteiger partial charge in [0.25, 0.3) is 0 Å². The molecule has 0 aliphatic carbocycles. The number of fused-ring (bicyclic) bond motifs is 1. The van der Waals surface area contributed by atoms with Crippen LogP contribution in [0.1, 0.15) is 30.1 Å². The van der Waals surface area contributed by atoms with Crippen LogP contribution >= 0.6 is 0 Å². The second-order valence-corrected chi connectivity index (χ2v) is 5.37. The fourth-order valence-electron chi connectivity index (χ4n) is 2.92. The van der Waals surface area contributed by atoms with Gasteiger partial charge < -0.3 is 10.5 Å². The van der Waals surface area contributed by atoms with Crippen LogP contribution < -0.4 is 5.73 Å². The van der Waals surface area contributed by atoms with Gasteiger partial charge in [-0.3, -0.25) is 4.98 Å². The number of nitrogens with two attached hydrogens (primary N) is 1. The first-order valence-electron chi connectivity index (χ1n) is 6.95. The van der Waals surface area contributed by atoms with Crippen molar-refractivity contribution in [2.75, 3.05) is 13.2 Å². The third-order valence-corrected chi connectivity index (χ3v) is 3.94. The number of benzene rings is 1. The van der Waals surface area contributed by atoms with Crippen LogP contribution in [-0.2, 0) is 4.74 Å². The van der Waals surface area contributed by atoms with Crippen molar-refractivity contribution in [2.24, 2.45) is 11.7 Å². The second-order valence-electron chi connectivity index (χ2n) is 5.37. The average molecular weight is 256 g/mol. The molecule has 2 N–H and O–H groups in total. The van der Waals surface area contributed by atoms with E-state index in [0.29, 0.717) is 5.92 Å². The van der Waals surface area contributed by atoms with Crippen LogP contribution in [0.5, 0.6) is 0 Å². The molecule has 2 atom stereocenters. The Hall–Kier alpha value is -1.45. The maximum absolute atomic E-state index is 6.50. The summed E-state index contributed by atoms with van der Waals surface area (Å²) in [6, 6.07) is 10.4. The van der Waals surface area contributed by atoms with E-state index >= 15 is 0 Å². The van der Waals surface area contributed by atoms with Gasteiger partial charge in [0.2, 0.25) is 0 Å². The van der Waals surface area contributed by atoms with Gasteiger partial charge in [-0.15, -0.1) is 0 Å². The topological polar surface area (TPSA) is 48.1 Å². The van der Waals surface area contributed by atoms with E-state index in [1.807, 2.05) is 19.1 Å². The van der Waals surface area contributed by atoms with E-state index in [1.165, 1.54) is 10.9 Å². The van der Waals surface area contributed by atoms with Gasteiger partial charge in [0.1, 0.15) is 0 Å². The maximum atomic E-state index is 6.50. The van der Waals surface area contributed by atoms with Gasteiger partial charge in [-0.1, -0.05) is 18.2 Å². The number of rotatable bonds is 2. The van der Waals surface area contributed by atoms with Crippen molar-refractivity contribution < 1.29 is 4.74 Å². The molecular formula is C16H20N2O. The van der Waals surface area contributed by atoms with Crippen molar-refractivity contribution in [2.45, 2.75) is 25.8 Å². The number of pyridine rings is 1. The third kappa shape index (κ3) is 2.48. The molecule has 0 spiro atoms. The van der Waals surface area contributed by atoms with Gasteiger partial charge in [-0.2, -0.15) is 0 Å². The smallest absolute Gasteiger partial charge is 0.0708 e. The molecule has 3 rings (SSSR count). The van der Waals surface area contributed by atoms with E-state index in [2.05, 4.69) is 23.2 Å². The maximum Gasteiger partial charge on any atom is 0.0708 e. The van der Waals surface area contributed by atoms with E-state index in [-0.39, 0.29) is 6.04 Å². The molecule has 1 saturated heterocycles. The lowest BCUT2D eigenvalue weighted by molar-refractivity contribution is 0.0449. The van der Waals surface area contributed by atoms with Crippen molar-refractivity contribution in [1.82, 2.24) is 4.98 Å². The van der Waals surface area contributed by atoms with Crippen LogP contribution in [0.2, 0.25) is 0 Å². The number of aromatic nitrogens is 1. The Kier molecular flexibility index (Phi) is 3.49. The quantitative estimate of drug-likeness (QED) is 0.898. The molecule has 1 fully saturated rings. The molecular weight excluding hydrogens is 236 g/mol. The van der Waals surface area contributed by atoms with Crippen molar-refractivity contribution in [3.05, 3.63) is 41.6 Å². The predicted molar refractivity (Wildman–Crippen MR) is 77.0 cm³/mol. The van der Waals surface area contributed by atoms with E-state index < -0.39 is 0 Å². The summed E-state index contributed by atoms with van der Waals surface area (Å²) in [4.78, 5) is 4.58. The molecule has 1 aliphatic rings. The molecule has 3 heteroatoms. The van der Waals surface area contributed by atoms with Gasteiger partial charge in [0, 0.05) is 29.6 Å². The highest BCUT2D eigenvalue weighted by atomic mass is 16.5. The number of para-hydroxylation sites is 1. The largest absolute Gasteiger partial charge is 0.381 e. The summed E-state index contributed by atoms with van der Waals surface area (Å²) < 4.78 is 5.57. The van der Waals surface area contributed by atoms with Crippen LogP contribution in [0.25, 0.3) is 10.9 Å². The molecule has 3 nitrogen and oxygen atoms in total. The van der Waals surface area contributed by atoms with E-state index in [1.54, 1.807) is 0 Å². The summed E-state index contributed by atoms with van der Waals surface area (Å²) in [7, 11) is 0. The Labute approximate surface area is 113 Å². The zero-order valence-corrected chi connectivity index (χ0v) is 11.3. The van der Waals surface area contributed by atoms with E-state index in [9.17, 15) is 0 Å². The summed E-state index contributed by atoms with van der Waals surface area (Å²) in [6.07, 6.45) is 2.26. The summed E-state index contributed by atoms with van der Waals surface area (Å²) in [5, 5.41) is 1.17. The first kappa shape index (κ1) is 12.6. The SMILES string of the molecule is Cc1cc(C(N)C2CCCOC2)c2ccccc2n1. The minimum absolute atomic E-state index is 0.0342. The van der Waals surface area contributed by atoms with Crippen molar-refractivity contribution >= 4 is 10.9 Å². The van der Waals surface area contributed by atoms with Gasteiger partial charge in [0.15, 0.2) is 0 Å². The first-order valence-corrected chi connectivity index (χ1v) is 6.95. The minimum atomic E-state index is 0.0342. The molecule has 1 aromatic carbocycles. The second kappa shape index (κ2) is 5.27. The van der Waals surface area contributed by atoms with Crippen molar-refractivity contribution in [1.29, 1.82) is 0 Å². The molecule has 0 saturated carbocycles. The molecule has 2 unspecified atom stereocenters. The zero-order valence-electron chi connectivity index (χ0n) is 11.3. The highest BCUT2D eigenvalue weighted by Crippen LogP contribution is 2.31. The Morgan fingerprint density at radius 1 is 1.37 bits per heavy atom. The first-order chi connectivity index (χ1) is 9.25. The third-order valence-electron chi connectivity index (χ3n) is 3.94. The molecule has 0 bridgehead atoms. The summed E-state index contributed by atoms with van der Waals surface area (Å²) in [5.74, 6) is 0.416. The zero-order chi connectivity index (χ0) is 13.2. The van der Waals surface area contributed by atoms with Gasteiger partial charge in [0.05, 0.1) is 12.1 Å². The van der Waals surface area contributed by atoms with Gasteiger partial charge >= 0.3 is 0 Å². The molecule has 0 amide bonds. The Morgan fingerprint density at radius 2 is 2.21 bits per heavy atom. The van der Waals surface area contributed by atoms with Crippen LogP contribution in [0.15, 0.2) is 30.3 Å². The fraction of sp³-hybridized carbons (Fsp3) is 0.438. The highest BCUT2D eigenvalue weighted by Gasteiger charge is 2.24. The van der Waals surface area contributed by atoms with Crippen molar-refractivity contribution in [3.63, 3.8) is 0 Å². The monoisotopic (exact) mass is 256 g/mol. The molecule has 2 heterocycles. The molecule has 2 aromatic rings. The lowest BCUT2D eigenvalue weighted by atomic mass is 9.87. The van der Waals surface area contributed by atoms with Crippen molar-refractivity contribution in [3.8, 4) is 0 Å². The van der Waals surface area contributed by atoms with Crippen LogP contribution in [0.3, 0.4) is 0 Å². The van der Waals surface area contributed by atoms with Gasteiger partial charge in [-0.05, 0) is 37.5 Å². The van der Waals surface area contributed by atoms with Crippen LogP contribution in [-0.4, -0.2) is 18.2 Å². The normalized spacial score (nSPS) is 21.5. The lowest BCUT2D eigenvalue weighted by Gasteiger charge is -2.28. The van der Waals surface area contributed by atoms with Crippen LogP contribution in [0, 0.1) is 12.8 Å². The van der Waals surface area contributed by atoms with Crippen LogP contribution in [0.4, 0.5) is 0 Å². The predicted octanol–water partition coefficient (Wildman–Crippen LogP) is 2.97. The lowest BCUT2D eigenvalue weighted by Crippen LogP contribution is -2.29. The Bertz CT molecular complexity index is 576. The fourth-order valence-corrected chi connectivity index (χ4v) is 2.92. The number of hydrogen-bond acceptors (Lipinski definition) is 3. The molecule has 1 aromatic heterocycles. The summed E-state index contributed by atoms with van der Waals surface area (Å²) in [6.45, 7) is 3.68. The van der Waals surface area contributed by atoms with Gasteiger partial charge in [-0.25, -0.2) is 0 Å². The number of nitrogens with zero attached hydrogens (tertiary/aromatic N) is 1. The molecule has 19 heavy (non-hydrogen) atoms. The molecule has 1 aliphatic heterocycles. The number of aryl methyl sites for hydroxylation is 1. The Balaban J connectivity index is 2.03. The summed E-state index contributed by atoms with van der Waals surface area (Å²) >= 11 is 0. The standard InChI is InChI=1S/C16H20N2O/c1-11-9-14(13-6-2-3-7-15(13)18-11)16(17)12-5-4-8-19-10-12/h2-3,6-7,9,12,16H,4-5,8,10,17H2,1H3. The highest BCUT2D eigenvalue weighted by molar-refractivity contribution is 5.82. The molecule has 100 valence electrons. The molecule has 0 radical (unpaired) electrons. The number of hydrogen-bond donors (Lipinski definition) is 1. The minimum Gasteiger partial charge on any atom is -0.381 e. The van der Waals surface area contributed by atoms with E-state index in [0.717, 1.165) is 37.3 Å². The number of ether oxygens (including phenoxy) is 1. The average Bonchev–Trinajstić information content (AvgIpc) is 2.46.